The molecule has 4 rings (SSSR count). The summed E-state index contributed by atoms with van der Waals surface area (Å²) >= 11 is 6.19. The van der Waals surface area contributed by atoms with Gasteiger partial charge in [-0.15, -0.1) is 0 Å². The van der Waals surface area contributed by atoms with E-state index < -0.39 is 11.0 Å². The average molecular weight is 503 g/mol. The quantitative estimate of drug-likeness (QED) is 0.623. The third-order valence-corrected chi connectivity index (χ3v) is 7.02. The molecule has 1 aromatic carbocycles. The van der Waals surface area contributed by atoms with Crippen molar-refractivity contribution in [3.8, 4) is 0 Å². The van der Waals surface area contributed by atoms with E-state index in [1.807, 2.05) is 13.1 Å². The zero-order valence-electron chi connectivity index (χ0n) is 19.6. The summed E-state index contributed by atoms with van der Waals surface area (Å²) in [5.74, 6) is 1.30. The Hall–Kier alpha value is -2.65. The number of nitrogens with zero attached hydrogens (tertiary/aromatic N) is 4. The van der Waals surface area contributed by atoms with Crippen molar-refractivity contribution in [2.75, 3.05) is 35.5 Å². The van der Waals surface area contributed by atoms with Crippen molar-refractivity contribution in [3.05, 3.63) is 52.1 Å². The van der Waals surface area contributed by atoms with Gasteiger partial charge in [-0.05, 0) is 57.2 Å². The lowest BCUT2D eigenvalue weighted by Crippen LogP contribution is -2.46. The summed E-state index contributed by atoms with van der Waals surface area (Å²) < 4.78 is 14.6. The molecule has 8 nitrogen and oxygen atoms in total. The molecule has 0 radical (unpaired) electrons. The summed E-state index contributed by atoms with van der Waals surface area (Å²) in [5.41, 5.74) is 9.02. The van der Waals surface area contributed by atoms with Crippen LogP contribution in [-0.2, 0) is 11.0 Å². The van der Waals surface area contributed by atoms with Gasteiger partial charge in [-0.25, -0.2) is 14.2 Å². The van der Waals surface area contributed by atoms with Crippen molar-refractivity contribution in [3.63, 3.8) is 0 Å². The van der Waals surface area contributed by atoms with E-state index in [1.165, 1.54) is 19.1 Å². The van der Waals surface area contributed by atoms with Gasteiger partial charge >= 0.3 is 0 Å². The van der Waals surface area contributed by atoms with Crippen LogP contribution < -0.4 is 15.4 Å². The van der Waals surface area contributed by atoms with Crippen molar-refractivity contribution in [2.45, 2.75) is 45.1 Å². The number of rotatable bonds is 6. The molecule has 3 heterocycles. The average Bonchev–Trinajstić information content (AvgIpc) is 3.35. The minimum Gasteiger partial charge on any atom is -0.400 e. The number of aryl methyl sites for hydroxylation is 1. The second-order valence-corrected chi connectivity index (χ2v) is 10.4. The van der Waals surface area contributed by atoms with Crippen molar-refractivity contribution >= 4 is 46.1 Å². The first-order chi connectivity index (χ1) is 16.3. The van der Waals surface area contributed by atoms with Crippen LogP contribution in [0.25, 0.3) is 6.08 Å². The molecule has 34 heavy (non-hydrogen) atoms. The van der Waals surface area contributed by atoms with Crippen molar-refractivity contribution < 1.29 is 9.00 Å². The number of benzene rings is 1. The highest BCUT2D eigenvalue weighted by atomic mass is 35.5. The Morgan fingerprint density at radius 2 is 1.97 bits per heavy atom. The number of hydrogen-bond donors (Lipinski definition) is 2. The molecular weight excluding hydrogens is 472 g/mol. The number of amides is 1. The zero-order chi connectivity index (χ0) is 24.2. The van der Waals surface area contributed by atoms with E-state index in [0.29, 0.717) is 34.3 Å². The molecule has 2 fully saturated rings. The first-order valence-corrected chi connectivity index (χ1v) is 13.5. The second kappa shape index (κ2) is 10.7. The molecule has 2 aromatic rings. The maximum Gasteiger partial charge on any atom is 0.256 e. The number of anilines is 2. The largest absolute Gasteiger partial charge is 0.400 e. The lowest BCUT2D eigenvalue weighted by atomic mass is 9.97. The van der Waals surface area contributed by atoms with Crippen LogP contribution in [0.1, 0.15) is 53.8 Å². The maximum absolute atomic E-state index is 13.6. The molecule has 0 bridgehead atoms. The summed E-state index contributed by atoms with van der Waals surface area (Å²) in [7, 11) is -1.32. The minimum atomic E-state index is -1.32. The van der Waals surface area contributed by atoms with E-state index in [-0.39, 0.29) is 11.9 Å². The van der Waals surface area contributed by atoms with Gasteiger partial charge in [-0.2, -0.15) is 0 Å². The lowest BCUT2D eigenvalue weighted by molar-refractivity contribution is 0.0653. The molecule has 0 spiro atoms. The molecule has 2 atom stereocenters. The summed E-state index contributed by atoms with van der Waals surface area (Å²) in [6.45, 7) is 4.60. The molecule has 1 unspecified atom stereocenters. The van der Waals surface area contributed by atoms with Crippen LogP contribution in [0.2, 0.25) is 5.02 Å². The summed E-state index contributed by atoms with van der Waals surface area (Å²) in [6.07, 6.45) is 10.1. The molecule has 2 saturated heterocycles. The number of nitrogens with one attached hydrogen (secondary N) is 1. The first kappa shape index (κ1) is 24.5. The molecule has 2 aliphatic rings. The van der Waals surface area contributed by atoms with E-state index in [4.69, 9.17) is 22.3 Å². The molecule has 0 aliphatic carbocycles. The van der Waals surface area contributed by atoms with E-state index >= 15 is 0 Å². The van der Waals surface area contributed by atoms with Crippen LogP contribution in [-0.4, -0.2) is 56.9 Å². The predicted octanol–water partition coefficient (Wildman–Crippen LogP) is 3.74. The minimum absolute atomic E-state index is 0.195. The van der Waals surface area contributed by atoms with Gasteiger partial charge in [0, 0.05) is 54.4 Å². The number of halogens is 1. The predicted molar refractivity (Wildman–Crippen MR) is 138 cm³/mol. The Labute approximate surface area is 208 Å². The Morgan fingerprint density at radius 3 is 2.71 bits per heavy atom. The monoisotopic (exact) mass is 502 g/mol. The Bertz CT molecular complexity index is 1120. The molecule has 1 amide bonds. The van der Waals surface area contributed by atoms with Crippen molar-refractivity contribution in [1.29, 1.82) is 0 Å². The SMILES string of the molecule is Cc1cnc(/C=C(\N)[C@@H]2CCCCN2C(=O)c2cc(Cl)ccc2NS(C)=O)nc1N1CCCC1. The van der Waals surface area contributed by atoms with Crippen LogP contribution in [0.5, 0.6) is 0 Å². The summed E-state index contributed by atoms with van der Waals surface area (Å²) in [4.78, 5) is 26.9. The fourth-order valence-corrected chi connectivity index (χ4v) is 5.28. The fourth-order valence-electron chi connectivity index (χ4n) is 4.62. The number of nitrogens with two attached hydrogens (primary N) is 1. The number of piperidine rings is 1. The molecule has 10 heteroatoms. The van der Waals surface area contributed by atoms with Crippen LogP contribution in [0.4, 0.5) is 11.5 Å². The van der Waals surface area contributed by atoms with E-state index in [9.17, 15) is 9.00 Å². The second-order valence-electron chi connectivity index (χ2n) is 8.83. The van der Waals surface area contributed by atoms with E-state index in [0.717, 1.165) is 43.7 Å². The highest BCUT2D eigenvalue weighted by Gasteiger charge is 2.31. The van der Waals surface area contributed by atoms with Gasteiger partial charge in [0.25, 0.3) is 5.91 Å². The highest BCUT2D eigenvalue weighted by Crippen LogP contribution is 2.29. The third-order valence-electron chi connectivity index (χ3n) is 6.28. The van der Waals surface area contributed by atoms with E-state index in [2.05, 4.69) is 14.6 Å². The smallest absolute Gasteiger partial charge is 0.256 e. The topological polar surface area (TPSA) is 104 Å². The van der Waals surface area contributed by atoms with Crippen LogP contribution in [0, 0.1) is 6.92 Å². The zero-order valence-corrected chi connectivity index (χ0v) is 21.2. The molecule has 182 valence electrons. The van der Waals surface area contributed by atoms with Gasteiger partial charge in [0.2, 0.25) is 0 Å². The highest BCUT2D eigenvalue weighted by molar-refractivity contribution is 7.85. The number of carbonyl (C=O) groups excluding carboxylic acids is 1. The standard InChI is InChI=1S/C24H31ClN6O2S/c1-16-15-27-22(28-23(16)30-10-5-6-11-30)14-19(26)21-7-3-4-12-31(21)24(32)18-13-17(25)8-9-20(18)29-34(2)33/h8-9,13-15,21,29H,3-7,10-12,26H2,1-2H3/b19-14-/t21-,34?/m0/s1. The molecule has 0 saturated carbocycles. The van der Waals surface area contributed by atoms with Gasteiger partial charge in [-0.3, -0.25) is 4.79 Å². The van der Waals surface area contributed by atoms with Crippen LogP contribution in [0.3, 0.4) is 0 Å². The van der Waals surface area contributed by atoms with Gasteiger partial charge < -0.3 is 20.3 Å². The maximum atomic E-state index is 13.6. The number of carbonyl (C=O) groups is 1. The van der Waals surface area contributed by atoms with E-state index in [1.54, 1.807) is 29.2 Å². The summed E-state index contributed by atoms with van der Waals surface area (Å²) in [6, 6.07) is 4.67. The first-order valence-electron chi connectivity index (χ1n) is 11.6. The van der Waals surface area contributed by atoms with Gasteiger partial charge in [-0.1, -0.05) is 11.6 Å². The number of hydrogen-bond acceptors (Lipinski definition) is 6. The number of likely N-dealkylation sites (tertiary alicyclic amines) is 1. The lowest BCUT2D eigenvalue weighted by Gasteiger charge is -2.36. The van der Waals surface area contributed by atoms with Crippen molar-refractivity contribution in [1.82, 2.24) is 14.9 Å². The Kier molecular flexibility index (Phi) is 7.73. The van der Waals surface area contributed by atoms with Gasteiger partial charge in [0.15, 0.2) is 5.82 Å². The third kappa shape index (κ3) is 5.52. The molecule has 2 aliphatic heterocycles. The van der Waals surface area contributed by atoms with Crippen molar-refractivity contribution in [2.24, 2.45) is 5.73 Å². The summed E-state index contributed by atoms with van der Waals surface area (Å²) in [5, 5.41) is 0.440. The molecule has 3 N–H and O–H groups in total. The Morgan fingerprint density at radius 1 is 1.24 bits per heavy atom. The normalized spacial score (nSPS) is 19.9. The fraction of sp³-hybridized carbons (Fsp3) is 0.458. The molecular formula is C24H31ClN6O2S. The van der Waals surface area contributed by atoms with Crippen LogP contribution in [0.15, 0.2) is 30.1 Å². The number of aromatic nitrogens is 2. The van der Waals surface area contributed by atoms with Gasteiger partial charge in [0.1, 0.15) is 16.8 Å². The molecule has 1 aromatic heterocycles. The van der Waals surface area contributed by atoms with Gasteiger partial charge in [0.05, 0.1) is 17.3 Å². The van der Waals surface area contributed by atoms with Crippen LogP contribution >= 0.6 is 11.6 Å². The Balaban J connectivity index is 1.62.